The lowest BCUT2D eigenvalue weighted by Crippen LogP contribution is -2.40. The van der Waals surface area contributed by atoms with Crippen LogP contribution in [0, 0.1) is 0 Å². The Morgan fingerprint density at radius 1 is 0.906 bits per heavy atom. The van der Waals surface area contributed by atoms with Crippen molar-refractivity contribution in [2.24, 2.45) is 0 Å². The Hall–Kier alpha value is -3.55. The average molecular weight is 467 g/mol. The lowest BCUT2D eigenvalue weighted by molar-refractivity contribution is 0.482. The summed E-state index contributed by atoms with van der Waals surface area (Å²) in [5.41, 5.74) is 0.923. The highest BCUT2D eigenvalue weighted by Crippen LogP contribution is 2.20. The molecule has 32 heavy (non-hydrogen) atoms. The standard InChI is InChI=1S/C23H16Cl2N4O3/c24-16-7-9-17(10-8-16)29-21-20(22(30)28(23(29)31)13-18-5-3-11-32-18)27(14-26-21)12-15-4-1-2-6-19(15)25/h1-11,14H,12-13H2. The van der Waals surface area contributed by atoms with Crippen LogP contribution in [0.5, 0.6) is 0 Å². The highest BCUT2D eigenvalue weighted by atomic mass is 35.5. The van der Waals surface area contributed by atoms with E-state index in [0.29, 0.717) is 28.0 Å². The summed E-state index contributed by atoms with van der Waals surface area (Å²) >= 11 is 12.4. The van der Waals surface area contributed by atoms with Crippen LogP contribution >= 0.6 is 23.2 Å². The highest BCUT2D eigenvalue weighted by Gasteiger charge is 2.20. The molecule has 0 radical (unpaired) electrons. The van der Waals surface area contributed by atoms with Gasteiger partial charge >= 0.3 is 5.69 Å². The number of halogens is 2. The molecule has 0 saturated carbocycles. The fourth-order valence-corrected chi connectivity index (χ4v) is 3.95. The first-order valence-corrected chi connectivity index (χ1v) is 10.5. The van der Waals surface area contributed by atoms with Crippen LogP contribution < -0.4 is 11.2 Å². The zero-order valence-electron chi connectivity index (χ0n) is 16.6. The number of nitrogens with zero attached hydrogens (tertiary/aromatic N) is 4. The smallest absolute Gasteiger partial charge is 0.337 e. The molecule has 9 heteroatoms. The summed E-state index contributed by atoms with van der Waals surface area (Å²) in [5, 5.41) is 1.11. The van der Waals surface area contributed by atoms with Crippen molar-refractivity contribution in [1.82, 2.24) is 18.7 Å². The van der Waals surface area contributed by atoms with E-state index < -0.39 is 11.2 Å². The summed E-state index contributed by atoms with van der Waals surface area (Å²) in [5.74, 6) is 0.489. The van der Waals surface area contributed by atoms with Crippen molar-refractivity contribution in [1.29, 1.82) is 0 Å². The van der Waals surface area contributed by atoms with E-state index in [1.54, 1.807) is 53.4 Å². The molecule has 7 nitrogen and oxygen atoms in total. The van der Waals surface area contributed by atoms with Gasteiger partial charge in [-0.15, -0.1) is 0 Å². The van der Waals surface area contributed by atoms with E-state index in [4.69, 9.17) is 27.6 Å². The van der Waals surface area contributed by atoms with Gasteiger partial charge in [0.15, 0.2) is 11.2 Å². The van der Waals surface area contributed by atoms with E-state index in [2.05, 4.69) is 4.98 Å². The molecule has 0 N–H and O–H groups in total. The van der Waals surface area contributed by atoms with E-state index in [0.717, 1.165) is 10.1 Å². The van der Waals surface area contributed by atoms with Crippen LogP contribution in [0.1, 0.15) is 11.3 Å². The molecule has 5 aromatic rings. The number of aromatic nitrogens is 4. The number of fused-ring (bicyclic) bond motifs is 1. The van der Waals surface area contributed by atoms with Gasteiger partial charge in [-0.1, -0.05) is 41.4 Å². The highest BCUT2D eigenvalue weighted by molar-refractivity contribution is 6.31. The Morgan fingerprint density at radius 3 is 2.41 bits per heavy atom. The topological polar surface area (TPSA) is 75.0 Å². The normalized spacial score (nSPS) is 11.3. The quantitative estimate of drug-likeness (QED) is 0.385. The van der Waals surface area contributed by atoms with Gasteiger partial charge in [0, 0.05) is 10.0 Å². The van der Waals surface area contributed by atoms with Gasteiger partial charge in [-0.25, -0.2) is 14.3 Å². The first-order valence-electron chi connectivity index (χ1n) is 9.75. The van der Waals surface area contributed by atoms with Crippen molar-refractivity contribution in [3.63, 3.8) is 0 Å². The summed E-state index contributed by atoms with van der Waals surface area (Å²) in [6.45, 7) is 0.316. The number of benzene rings is 2. The maximum Gasteiger partial charge on any atom is 0.337 e. The molecule has 0 spiro atoms. The predicted octanol–water partition coefficient (Wildman–Crippen LogP) is 4.35. The lowest BCUT2D eigenvalue weighted by Gasteiger charge is -2.12. The van der Waals surface area contributed by atoms with E-state index in [1.165, 1.54) is 10.8 Å². The zero-order valence-corrected chi connectivity index (χ0v) is 18.1. The molecule has 0 aliphatic carbocycles. The summed E-state index contributed by atoms with van der Waals surface area (Å²) < 4.78 is 9.62. The van der Waals surface area contributed by atoms with Crippen LogP contribution in [0.2, 0.25) is 10.0 Å². The molecule has 2 aromatic carbocycles. The monoisotopic (exact) mass is 466 g/mol. The maximum absolute atomic E-state index is 13.5. The van der Waals surface area contributed by atoms with E-state index >= 15 is 0 Å². The molecule has 0 amide bonds. The van der Waals surface area contributed by atoms with Gasteiger partial charge in [-0.05, 0) is 48.0 Å². The fourth-order valence-electron chi connectivity index (χ4n) is 3.63. The SMILES string of the molecule is O=c1c2c(ncn2Cc2ccccc2Cl)n(-c2ccc(Cl)cc2)c(=O)n1Cc1ccco1. The van der Waals surface area contributed by atoms with Gasteiger partial charge < -0.3 is 8.98 Å². The molecule has 3 heterocycles. The Bertz CT molecular complexity index is 1530. The Kier molecular flexibility index (Phi) is 5.20. The molecule has 0 saturated heterocycles. The minimum absolute atomic E-state index is 0.00846. The predicted molar refractivity (Wildman–Crippen MR) is 123 cm³/mol. The maximum atomic E-state index is 13.5. The van der Waals surface area contributed by atoms with Crippen molar-refractivity contribution < 1.29 is 4.42 Å². The summed E-state index contributed by atoms with van der Waals surface area (Å²) in [7, 11) is 0. The molecule has 0 aliphatic rings. The molecule has 0 aliphatic heterocycles. The average Bonchev–Trinajstić information content (AvgIpc) is 3.44. The minimum atomic E-state index is -0.524. The number of rotatable bonds is 5. The van der Waals surface area contributed by atoms with Gasteiger partial charge in [0.1, 0.15) is 5.76 Å². The molecule has 0 fully saturated rings. The molecule has 5 rings (SSSR count). The second kappa shape index (κ2) is 8.18. The first kappa shape index (κ1) is 20.4. The third kappa shape index (κ3) is 3.55. The lowest BCUT2D eigenvalue weighted by atomic mass is 10.2. The molecular weight excluding hydrogens is 451 g/mol. The summed E-state index contributed by atoms with van der Waals surface area (Å²) in [6, 6.07) is 17.6. The van der Waals surface area contributed by atoms with Crippen LogP contribution in [0.3, 0.4) is 0 Å². The van der Waals surface area contributed by atoms with Crippen molar-refractivity contribution in [2.45, 2.75) is 13.1 Å². The van der Waals surface area contributed by atoms with Crippen LogP contribution in [0.4, 0.5) is 0 Å². The molecule has 0 bridgehead atoms. The number of hydrogen-bond acceptors (Lipinski definition) is 4. The summed E-state index contributed by atoms with van der Waals surface area (Å²) in [6.07, 6.45) is 3.04. The van der Waals surface area contributed by atoms with Crippen LogP contribution in [-0.2, 0) is 13.1 Å². The Balaban J connectivity index is 1.77. The Labute approximate surface area is 191 Å². The van der Waals surface area contributed by atoms with Crippen LogP contribution in [0.15, 0.2) is 87.3 Å². The minimum Gasteiger partial charge on any atom is -0.467 e. The number of furan rings is 1. The number of imidazole rings is 1. The molecule has 0 unspecified atom stereocenters. The van der Waals surface area contributed by atoms with Gasteiger partial charge in [-0.2, -0.15) is 0 Å². The van der Waals surface area contributed by atoms with Gasteiger partial charge in [0.2, 0.25) is 0 Å². The second-order valence-corrected chi connectivity index (χ2v) is 8.04. The van der Waals surface area contributed by atoms with Crippen LogP contribution in [0.25, 0.3) is 16.9 Å². The molecule has 160 valence electrons. The van der Waals surface area contributed by atoms with Crippen molar-refractivity contribution in [2.75, 3.05) is 0 Å². The van der Waals surface area contributed by atoms with Crippen molar-refractivity contribution in [3.8, 4) is 5.69 Å². The van der Waals surface area contributed by atoms with E-state index in [1.807, 2.05) is 18.2 Å². The van der Waals surface area contributed by atoms with Crippen molar-refractivity contribution >= 4 is 34.4 Å². The van der Waals surface area contributed by atoms with Gasteiger partial charge in [0.05, 0.1) is 31.4 Å². The van der Waals surface area contributed by atoms with Crippen molar-refractivity contribution in [3.05, 3.63) is 115 Å². The molecular formula is C23H16Cl2N4O3. The molecule has 3 aromatic heterocycles. The third-order valence-corrected chi connectivity index (χ3v) is 5.80. The van der Waals surface area contributed by atoms with Gasteiger partial charge in [-0.3, -0.25) is 9.36 Å². The summed E-state index contributed by atoms with van der Waals surface area (Å²) in [4.78, 5) is 31.3. The number of hydrogen-bond donors (Lipinski definition) is 0. The van der Waals surface area contributed by atoms with E-state index in [-0.39, 0.29) is 17.7 Å². The Morgan fingerprint density at radius 2 is 1.69 bits per heavy atom. The van der Waals surface area contributed by atoms with Gasteiger partial charge in [0.25, 0.3) is 5.56 Å². The first-order chi connectivity index (χ1) is 15.5. The largest absolute Gasteiger partial charge is 0.467 e. The fraction of sp³-hybridized carbons (Fsp3) is 0.0870. The van der Waals surface area contributed by atoms with E-state index in [9.17, 15) is 9.59 Å². The second-order valence-electron chi connectivity index (χ2n) is 7.20. The third-order valence-electron chi connectivity index (χ3n) is 5.18. The molecule has 0 atom stereocenters. The van der Waals surface area contributed by atoms with Crippen LogP contribution in [-0.4, -0.2) is 18.7 Å². The zero-order chi connectivity index (χ0) is 22.2.